The van der Waals surface area contributed by atoms with Crippen molar-refractivity contribution in [3.63, 3.8) is 0 Å². The molecule has 0 fully saturated rings. The highest BCUT2D eigenvalue weighted by Gasteiger charge is 2.13. The predicted molar refractivity (Wildman–Crippen MR) is 61.1 cm³/mol. The van der Waals surface area contributed by atoms with Gasteiger partial charge in [-0.05, 0) is 24.6 Å². The third kappa shape index (κ3) is 2.28. The highest BCUT2D eigenvalue weighted by Crippen LogP contribution is 2.14. The number of nitrogens with zero attached hydrogens (tertiary/aromatic N) is 2. The molecule has 2 aromatic rings. The van der Waals surface area contributed by atoms with Gasteiger partial charge in [0.05, 0.1) is 6.20 Å². The molecule has 0 saturated carbocycles. The first kappa shape index (κ1) is 11.2. The molecule has 17 heavy (non-hydrogen) atoms. The Morgan fingerprint density at radius 1 is 1.47 bits per heavy atom. The molecule has 1 heterocycles. The number of imidazole rings is 1. The number of carbonyl (C=O) groups is 1. The number of carboxylic acids is 1. The van der Waals surface area contributed by atoms with Crippen LogP contribution in [0.5, 0.6) is 5.75 Å². The Morgan fingerprint density at radius 3 is 2.88 bits per heavy atom. The van der Waals surface area contributed by atoms with E-state index in [1.54, 1.807) is 29.7 Å². The van der Waals surface area contributed by atoms with Crippen molar-refractivity contribution in [2.45, 2.75) is 13.5 Å². The number of benzene rings is 1. The molecule has 0 amide bonds. The SMILES string of the molecule is Cc1ncc(C(=O)O)n1Cc1cccc(O)c1. The normalized spacial score (nSPS) is 10.4. The van der Waals surface area contributed by atoms with Gasteiger partial charge in [0, 0.05) is 6.54 Å². The van der Waals surface area contributed by atoms with Gasteiger partial charge in [-0.15, -0.1) is 0 Å². The maximum atomic E-state index is 11.0. The second-order valence-corrected chi connectivity index (χ2v) is 3.75. The van der Waals surface area contributed by atoms with Crippen LogP contribution in [0.15, 0.2) is 30.5 Å². The minimum Gasteiger partial charge on any atom is -0.508 e. The Balaban J connectivity index is 2.36. The Labute approximate surface area is 98.0 Å². The highest BCUT2D eigenvalue weighted by molar-refractivity contribution is 5.85. The third-order valence-corrected chi connectivity index (χ3v) is 2.53. The topological polar surface area (TPSA) is 75.3 Å². The van der Waals surface area contributed by atoms with Gasteiger partial charge in [0.2, 0.25) is 0 Å². The summed E-state index contributed by atoms with van der Waals surface area (Å²) in [6, 6.07) is 6.72. The van der Waals surface area contributed by atoms with Crippen LogP contribution in [0.2, 0.25) is 0 Å². The monoisotopic (exact) mass is 232 g/mol. The minimum atomic E-state index is -1.01. The van der Waals surface area contributed by atoms with Crippen molar-refractivity contribution in [1.29, 1.82) is 0 Å². The standard InChI is InChI=1S/C12H12N2O3/c1-8-13-6-11(12(16)17)14(8)7-9-3-2-4-10(15)5-9/h2-6,15H,7H2,1H3,(H,16,17). The number of hydrogen-bond donors (Lipinski definition) is 2. The summed E-state index contributed by atoms with van der Waals surface area (Å²) in [7, 11) is 0. The van der Waals surface area contributed by atoms with Gasteiger partial charge in [0.1, 0.15) is 17.3 Å². The lowest BCUT2D eigenvalue weighted by Crippen LogP contribution is -2.10. The Morgan fingerprint density at radius 2 is 2.24 bits per heavy atom. The molecule has 5 heteroatoms. The van der Waals surface area contributed by atoms with Gasteiger partial charge in [0.15, 0.2) is 0 Å². The quantitative estimate of drug-likeness (QED) is 0.843. The number of rotatable bonds is 3. The molecular formula is C12H12N2O3. The van der Waals surface area contributed by atoms with Crippen LogP contribution >= 0.6 is 0 Å². The zero-order chi connectivity index (χ0) is 12.4. The number of carboxylic acid groups (broad SMARTS) is 1. The molecule has 0 atom stereocenters. The molecule has 5 nitrogen and oxygen atoms in total. The molecule has 0 spiro atoms. The molecule has 0 aliphatic heterocycles. The molecule has 2 rings (SSSR count). The summed E-state index contributed by atoms with van der Waals surface area (Å²) < 4.78 is 1.59. The second-order valence-electron chi connectivity index (χ2n) is 3.75. The van der Waals surface area contributed by atoms with E-state index in [0.29, 0.717) is 12.4 Å². The van der Waals surface area contributed by atoms with Crippen molar-refractivity contribution in [2.24, 2.45) is 0 Å². The first-order chi connectivity index (χ1) is 8.08. The van der Waals surface area contributed by atoms with Crippen molar-refractivity contribution in [3.05, 3.63) is 47.5 Å². The van der Waals surface area contributed by atoms with E-state index in [-0.39, 0.29) is 11.4 Å². The maximum absolute atomic E-state index is 11.0. The van der Waals surface area contributed by atoms with Gasteiger partial charge < -0.3 is 14.8 Å². The average Bonchev–Trinajstić information content (AvgIpc) is 2.61. The molecular weight excluding hydrogens is 220 g/mol. The number of aryl methyl sites for hydroxylation is 1. The zero-order valence-corrected chi connectivity index (χ0v) is 9.29. The fourth-order valence-corrected chi connectivity index (χ4v) is 1.68. The van der Waals surface area contributed by atoms with Crippen LogP contribution in [0.4, 0.5) is 0 Å². The van der Waals surface area contributed by atoms with E-state index in [0.717, 1.165) is 5.56 Å². The van der Waals surface area contributed by atoms with Gasteiger partial charge in [-0.3, -0.25) is 0 Å². The van der Waals surface area contributed by atoms with E-state index in [2.05, 4.69) is 4.98 Å². The van der Waals surface area contributed by atoms with E-state index < -0.39 is 5.97 Å². The summed E-state index contributed by atoms with van der Waals surface area (Å²) in [5.41, 5.74) is 0.972. The molecule has 0 aliphatic carbocycles. The van der Waals surface area contributed by atoms with Crippen molar-refractivity contribution in [3.8, 4) is 5.75 Å². The highest BCUT2D eigenvalue weighted by atomic mass is 16.4. The number of phenols is 1. The van der Waals surface area contributed by atoms with Crippen LogP contribution in [0.3, 0.4) is 0 Å². The maximum Gasteiger partial charge on any atom is 0.354 e. The van der Waals surface area contributed by atoms with Gasteiger partial charge in [-0.25, -0.2) is 9.78 Å². The molecule has 88 valence electrons. The fourth-order valence-electron chi connectivity index (χ4n) is 1.68. The summed E-state index contributed by atoms with van der Waals surface area (Å²) in [5, 5.41) is 18.3. The van der Waals surface area contributed by atoms with Gasteiger partial charge in [0.25, 0.3) is 0 Å². The van der Waals surface area contributed by atoms with Crippen molar-refractivity contribution < 1.29 is 15.0 Å². The van der Waals surface area contributed by atoms with Gasteiger partial charge in [-0.1, -0.05) is 12.1 Å². The smallest absolute Gasteiger partial charge is 0.354 e. The fraction of sp³-hybridized carbons (Fsp3) is 0.167. The summed E-state index contributed by atoms with van der Waals surface area (Å²) in [6.45, 7) is 2.12. The number of aromatic nitrogens is 2. The molecule has 0 bridgehead atoms. The number of hydrogen-bond acceptors (Lipinski definition) is 3. The average molecular weight is 232 g/mol. The predicted octanol–water partition coefficient (Wildman–Crippen LogP) is 1.64. The van der Waals surface area contributed by atoms with Crippen LogP contribution in [0, 0.1) is 6.92 Å². The summed E-state index contributed by atoms with van der Waals surface area (Å²) in [5.74, 6) is -0.214. The van der Waals surface area contributed by atoms with Crippen LogP contribution in [0.1, 0.15) is 21.9 Å². The van der Waals surface area contributed by atoms with Gasteiger partial charge >= 0.3 is 5.97 Å². The Bertz CT molecular complexity index is 561. The van der Waals surface area contributed by atoms with Crippen molar-refractivity contribution >= 4 is 5.97 Å². The lowest BCUT2D eigenvalue weighted by atomic mass is 10.2. The first-order valence-electron chi connectivity index (χ1n) is 5.11. The van der Waals surface area contributed by atoms with Crippen LogP contribution in [-0.4, -0.2) is 25.7 Å². The first-order valence-corrected chi connectivity index (χ1v) is 5.11. The van der Waals surface area contributed by atoms with Crippen LogP contribution in [-0.2, 0) is 6.54 Å². The van der Waals surface area contributed by atoms with Crippen LogP contribution < -0.4 is 0 Å². The van der Waals surface area contributed by atoms with Crippen LogP contribution in [0.25, 0.3) is 0 Å². The number of aromatic carboxylic acids is 1. The zero-order valence-electron chi connectivity index (χ0n) is 9.29. The summed E-state index contributed by atoms with van der Waals surface area (Å²) >= 11 is 0. The van der Waals surface area contributed by atoms with E-state index >= 15 is 0 Å². The van der Waals surface area contributed by atoms with E-state index in [1.165, 1.54) is 6.20 Å². The lowest BCUT2D eigenvalue weighted by molar-refractivity contribution is 0.0685. The summed E-state index contributed by atoms with van der Waals surface area (Å²) in [6.07, 6.45) is 1.33. The van der Waals surface area contributed by atoms with Crippen molar-refractivity contribution in [2.75, 3.05) is 0 Å². The lowest BCUT2D eigenvalue weighted by Gasteiger charge is -2.08. The molecule has 1 aromatic carbocycles. The molecule has 0 saturated heterocycles. The minimum absolute atomic E-state index is 0.144. The molecule has 0 unspecified atom stereocenters. The van der Waals surface area contributed by atoms with E-state index in [1.807, 2.05) is 6.07 Å². The molecule has 0 radical (unpaired) electrons. The Hall–Kier alpha value is -2.30. The van der Waals surface area contributed by atoms with Gasteiger partial charge in [-0.2, -0.15) is 0 Å². The number of aromatic hydroxyl groups is 1. The number of phenolic OH excluding ortho intramolecular Hbond substituents is 1. The third-order valence-electron chi connectivity index (χ3n) is 2.53. The summed E-state index contributed by atoms with van der Waals surface area (Å²) in [4.78, 5) is 15.0. The largest absolute Gasteiger partial charge is 0.508 e. The molecule has 0 aliphatic rings. The second kappa shape index (κ2) is 4.29. The van der Waals surface area contributed by atoms with E-state index in [4.69, 9.17) is 5.11 Å². The van der Waals surface area contributed by atoms with E-state index in [9.17, 15) is 9.90 Å². The van der Waals surface area contributed by atoms with Crippen molar-refractivity contribution in [1.82, 2.24) is 9.55 Å². The molecule has 2 N–H and O–H groups in total. The molecule has 1 aromatic heterocycles. The Kier molecular flexibility index (Phi) is 2.82.